The molecule has 202 valence electrons. The van der Waals surface area contributed by atoms with E-state index < -0.39 is 22.1 Å². The Morgan fingerprint density at radius 2 is 1.73 bits per heavy atom. The van der Waals surface area contributed by atoms with E-state index in [2.05, 4.69) is 10.6 Å². The zero-order valence-electron chi connectivity index (χ0n) is 21.3. The minimum atomic E-state index is -4.07. The van der Waals surface area contributed by atoms with Crippen LogP contribution in [0.25, 0.3) is 0 Å². The molecule has 5 amide bonds. The van der Waals surface area contributed by atoms with Gasteiger partial charge in [-0.25, -0.2) is 22.7 Å². The van der Waals surface area contributed by atoms with Gasteiger partial charge in [-0.05, 0) is 68.7 Å². The number of hydrogen-bond acceptors (Lipinski definition) is 7. The minimum absolute atomic E-state index is 0.0684. The van der Waals surface area contributed by atoms with Gasteiger partial charge in [0.1, 0.15) is 0 Å². The maximum Gasteiger partial charge on any atom is 0.328 e. The molecule has 1 aromatic rings. The van der Waals surface area contributed by atoms with Gasteiger partial charge in [0.15, 0.2) is 0 Å². The number of nitrogens with one attached hydrogen (secondary N) is 3. The second-order valence-electron chi connectivity index (χ2n) is 9.28. The Kier molecular flexibility index (Phi) is 9.30. The SMILES string of the molecule is CCC1=C(C)CN(C(=O)NCCc2ccc(S(=O)(=O)NC(=O)NC3CCC(C(=O)OC)CC3)cc2)C1=O. The summed E-state index contributed by atoms with van der Waals surface area (Å²) < 4.78 is 32.0. The van der Waals surface area contributed by atoms with E-state index in [4.69, 9.17) is 4.74 Å². The van der Waals surface area contributed by atoms with Crippen molar-refractivity contribution in [2.75, 3.05) is 20.2 Å². The number of carbonyl (C=O) groups excluding carboxylic acids is 4. The summed E-state index contributed by atoms with van der Waals surface area (Å²) in [6.45, 7) is 4.28. The summed E-state index contributed by atoms with van der Waals surface area (Å²) in [5.74, 6) is -0.729. The molecule has 0 bridgehead atoms. The Labute approximate surface area is 217 Å². The maximum absolute atomic E-state index is 12.6. The van der Waals surface area contributed by atoms with Gasteiger partial charge in [-0.2, -0.15) is 0 Å². The minimum Gasteiger partial charge on any atom is -0.469 e. The fourth-order valence-corrected chi connectivity index (χ4v) is 5.56. The second kappa shape index (κ2) is 12.2. The van der Waals surface area contributed by atoms with E-state index in [9.17, 15) is 27.6 Å². The van der Waals surface area contributed by atoms with Crippen molar-refractivity contribution in [2.24, 2.45) is 5.92 Å². The number of benzene rings is 1. The van der Waals surface area contributed by atoms with Crippen LogP contribution < -0.4 is 15.4 Å². The number of amides is 5. The van der Waals surface area contributed by atoms with E-state index in [0.29, 0.717) is 44.1 Å². The Bertz CT molecular complexity index is 1170. The van der Waals surface area contributed by atoms with Crippen LogP contribution in [0.4, 0.5) is 9.59 Å². The molecule has 3 rings (SSSR count). The van der Waals surface area contributed by atoms with E-state index in [1.807, 2.05) is 18.6 Å². The highest BCUT2D eigenvalue weighted by Crippen LogP contribution is 2.25. The van der Waals surface area contributed by atoms with Crippen LogP contribution in [0.2, 0.25) is 0 Å². The molecule has 0 unspecified atom stereocenters. The number of nitrogens with zero attached hydrogens (tertiary/aromatic N) is 1. The quantitative estimate of drug-likeness (QED) is 0.433. The van der Waals surface area contributed by atoms with Crippen molar-refractivity contribution in [1.82, 2.24) is 20.3 Å². The Hall–Kier alpha value is -3.41. The third-order valence-corrected chi connectivity index (χ3v) is 8.11. The van der Waals surface area contributed by atoms with E-state index in [1.54, 1.807) is 12.1 Å². The van der Waals surface area contributed by atoms with Gasteiger partial charge in [-0.3, -0.25) is 14.5 Å². The number of urea groups is 2. The molecule has 2 aliphatic rings. The lowest BCUT2D eigenvalue weighted by Gasteiger charge is -2.27. The van der Waals surface area contributed by atoms with Crippen molar-refractivity contribution in [1.29, 1.82) is 0 Å². The summed E-state index contributed by atoms with van der Waals surface area (Å²) in [5, 5.41) is 5.38. The summed E-state index contributed by atoms with van der Waals surface area (Å²) in [7, 11) is -2.73. The molecule has 1 aliphatic heterocycles. The van der Waals surface area contributed by atoms with Crippen molar-refractivity contribution < 1.29 is 32.3 Å². The molecule has 1 aliphatic carbocycles. The zero-order valence-corrected chi connectivity index (χ0v) is 22.2. The van der Waals surface area contributed by atoms with Crippen LogP contribution in [0.5, 0.6) is 0 Å². The predicted molar refractivity (Wildman–Crippen MR) is 135 cm³/mol. The number of esters is 1. The third-order valence-electron chi connectivity index (χ3n) is 6.76. The Balaban J connectivity index is 1.44. The highest BCUT2D eigenvalue weighted by molar-refractivity contribution is 7.90. The topological polar surface area (TPSA) is 151 Å². The summed E-state index contributed by atoms with van der Waals surface area (Å²) in [4.78, 5) is 49.7. The number of imide groups is 1. The first kappa shape index (κ1) is 28.2. The molecule has 1 saturated carbocycles. The van der Waals surface area contributed by atoms with Crippen LogP contribution in [0.15, 0.2) is 40.3 Å². The largest absolute Gasteiger partial charge is 0.469 e. The number of ether oxygens (including phenoxy) is 1. The number of carbonyl (C=O) groups is 4. The molecule has 0 atom stereocenters. The lowest BCUT2D eigenvalue weighted by molar-refractivity contribution is -0.146. The summed E-state index contributed by atoms with van der Waals surface area (Å²) >= 11 is 0. The predicted octanol–water partition coefficient (Wildman–Crippen LogP) is 2.23. The van der Waals surface area contributed by atoms with E-state index >= 15 is 0 Å². The van der Waals surface area contributed by atoms with Gasteiger partial charge in [0.25, 0.3) is 15.9 Å². The van der Waals surface area contributed by atoms with Gasteiger partial charge in [0, 0.05) is 18.2 Å². The summed E-state index contributed by atoms with van der Waals surface area (Å²) in [5.41, 5.74) is 2.34. The average molecular weight is 535 g/mol. The van der Waals surface area contributed by atoms with Crippen molar-refractivity contribution in [2.45, 2.75) is 63.3 Å². The molecule has 0 aromatic heterocycles. The lowest BCUT2D eigenvalue weighted by Crippen LogP contribution is -2.46. The van der Waals surface area contributed by atoms with Crippen LogP contribution in [0.3, 0.4) is 0 Å². The van der Waals surface area contributed by atoms with E-state index in [-0.39, 0.29) is 41.8 Å². The van der Waals surface area contributed by atoms with Gasteiger partial charge < -0.3 is 15.4 Å². The standard InChI is InChI=1S/C25H34N4O7S/c1-4-21-16(2)15-29(22(21)30)25(33)26-14-13-17-5-11-20(12-6-17)37(34,35)28-24(32)27-19-9-7-18(8-10-19)23(31)36-3/h5-6,11-12,18-19H,4,7-10,13-15H2,1-3H3,(H,26,33)(H2,27,28,32). The second-order valence-corrected chi connectivity index (χ2v) is 11.0. The van der Waals surface area contributed by atoms with Crippen LogP contribution in [-0.4, -0.2) is 63.5 Å². The van der Waals surface area contributed by atoms with Gasteiger partial charge in [0.2, 0.25) is 0 Å². The molecule has 37 heavy (non-hydrogen) atoms. The van der Waals surface area contributed by atoms with Gasteiger partial charge in [-0.1, -0.05) is 19.1 Å². The summed E-state index contributed by atoms with van der Waals surface area (Å²) in [6, 6.07) is 4.49. The molecular weight excluding hydrogens is 500 g/mol. The average Bonchev–Trinajstić information content (AvgIpc) is 3.16. The van der Waals surface area contributed by atoms with Crippen LogP contribution in [0, 0.1) is 5.92 Å². The van der Waals surface area contributed by atoms with Crippen molar-refractivity contribution in [3.05, 3.63) is 41.0 Å². The van der Waals surface area contributed by atoms with Crippen LogP contribution in [0.1, 0.15) is 51.5 Å². The number of sulfonamides is 1. The number of methoxy groups -OCH3 is 1. The molecule has 1 heterocycles. The fourth-order valence-electron chi connectivity index (χ4n) is 4.65. The van der Waals surface area contributed by atoms with E-state index in [1.165, 1.54) is 24.1 Å². The van der Waals surface area contributed by atoms with Crippen LogP contribution in [-0.2, 0) is 30.8 Å². The smallest absolute Gasteiger partial charge is 0.328 e. The van der Waals surface area contributed by atoms with Crippen molar-refractivity contribution in [3.8, 4) is 0 Å². The Morgan fingerprint density at radius 3 is 2.30 bits per heavy atom. The van der Waals surface area contributed by atoms with Gasteiger partial charge in [0.05, 0.1) is 24.5 Å². The molecule has 11 nitrogen and oxygen atoms in total. The van der Waals surface area contributed by atoms with Crippen molar-refractivity contribution in [3.63, 3.8) is 0 Å². The molecule has 1 fully saturated rings. The van der Waals surface area contributed by atoms with Crippen molar-refractivity contribution >= 4 is 34.0 Å². The zero-order chi connectivity index (χ0) is 27.2. The highest BCUT2D eigenvalue weighted by atomic mass is 32.2. The molecule has 0 spiro atoms. The lowest BCUT2D eigenvalue weighted by atomic mass is 9.86. The molecular formula is C25H34N4O7S. The van der Waals surface area contributed by atoms with E-state index in [0.717, 1.165) is 11.1 Å². The fraction of sp³-hybridized carbons (Fsp3) is 0.520. The highest BCUT2D eigenvalue weighted by Gasteiger charge is 2.31. The molecule has 12 heteroatoms. The monoisotopic (exact) mass is 534 g/mol. The van der Waals surface area contributed by atoms with Gasteiger partial charge in [-0.15, -0.1) is 0 Å². The number of hydrogen-bond donors (Lipinski definition) is 3. The molecule has 3 N–H and O–H groups in total. The summed E-state index contributed by atoms with van der Waals surface area (Å²) in [6.07, 6.45) is 3.26. The van der Waals surface area contributed by atoms with Gasteiger partial charge >= 0.3 is 18.0 Å². The first-order valence-corrected chi connectivity index (χ1v) is 13.8. The first-order chi connectivity index (χ1) is 17.6. The molecule has 0 radical (unpaired) electrons. The third kappa shape index (κ3) is 7.09. The Morgan fingerprint density at radius 1 is 1.08 bits per heavy atom. The maximum atomic E-state index is 12.6. The normalized spacial score (nSPS) is 20.0. The molecule has 0 saturated heterocycles. The number of rotatable bonds is 8. The molecule has 1 aromatic carbocycles. The van der Waals surface area contributed by atoms with Crippen LogP contribution >= 0.6 is 0 Å². The first-order valence-electron chi connectivity index (χ1n) is 12.3.